The fourth-order valence-corrected chi connectivity index (χ4v) is 2.61. The van der Waals surface area contributed by atoms with E-state index in [0.717, 1.165) is 5.56 Å². The molecule has 0 fully saturated rings. The molecule has 2 aromatic carbocycles. The number of aryl methyl sites for hydroxylation is 1. The summed E-state index contributed by atoms with van der Waals surface area (Å²) < 4.78 is 5.13. The molecule has 2 aromatic rings. The third-order valence-corrected chi connectivity index (χ3v) is 4.09. The van der Waals surface area contributed by atoms with Crippen molar-refractivity contribution in [2.75, 3.05) is 31.2 Å². The standard InChI is InChI=1S/C20H25N3O3/c1-3-23(20(25)12-11-15-7-4-5-10-18(15)21)14-19(24)22-16-8-6-9-17(13-16)26-2/h4-10,13H,3,11-12,14,21H2,1-2H3,(H,22,24). The van der Waals surface area contributed by atoms with Crippen LogP contribution >= 0.6 is 0 Å². The maximum absolute atomic E-state index is 12.4. The van der Waals surface area contributed by atoms with E-state index >= 15 is 0 Å². The quantitative estimate of drug-likeness (QED) is 0.713. The summed E-state index contributed by atoms with van der Waals surface area (Å²) in [6.45, 7) is 2.33. The molecule has 26 heavy (non-hydrogen) atoms. The molecule has 3 N–H and O–H groups in total. The first kappa shape index (κ1) is 19.3. The molecule has 0 bridgehead atoms. The number of ether oxygens (including phenoxy) is 1. The van der Waals surface area contributed by atoms with Crippen LogP contribution in [0.3, 0.4) is 0 Å². The van der Waals surface area contributed by atoms with E-state index in [1.54, 1.807) is 31.4 Å². The molecule has 0 aliphatic rings. The molecule has 6 nitrogen and oxygen atoms in total. The zero-order chi connectivity index (χ0) is 18.9. The lowest BCUT2D eigenvalue weighted by Gasteiger charge is -2.20. The molecule has 6 heteroatoms. The molecule has 138 valence electrons. The molecule has 0 aromatic heterocycles. The predicted octanol–water partition coefficient (Wildman–Crippen LogP) is 2.70. The lowest BCUT2D eigenvalue weighted by Crippen LogP contribution is -2.38. The summed E-state index contributed by atoms with van der Waals surface area (Å²) in [5.41, 5.74) is 8.16. The number of nitrogens with two attached hydrogens (primary N) is 1. The molecule has 0 atom stereocenters. The largest absolute Gasteiger partial charge is 0.497 e. The van der Waals surface area contributed by atoms with Gasteiger partial charge in [-0.3, -0.25) is 9.59 Å². The summed E-state index contributed by atoms with van der Waals surface area (Å²) in [7, 11) is 1.57. The van der Waals surface area contributed by atoms with Gasteiger partial charge >= 0.3 is 0 Å². The van der Waals surface area contributed by atoms with Crippen LogP contribution in [-0.2, 0) is 16.0 Å². The molecule has 0 aliphatic carbocycles. The zero-order valence-electron chi connectivity index (χ0n) is 15.2. The fourth-order valence-electron chi connectivity index (χ4n) is 2.61. The van der Waals surface area contributed by atoms with Crippen LogP contribution < -0.4 is 15.8 Å². The van der Waals surface area contributed by atoms with Crippen molar-refractivity contribution in [2.45, 2.75) is 19.8 Å². The van der Waals surface area contributed by atoms with Crippen molar-refractivity contribution >= 4 is 23.2 Å². The molecule has 0 heterocycles. The highest BCUT2D eigenvalue weighted by molar-refractivity contribution is 5.94. The Kier molecular flexibility index (Phi) is 7.02. The molecule has 2 rings (SSSR count). The van der Waals surface area contributed by atoms with E-state index in [0.29, 0.717) is 36.5 Å². The lowest BCUT2D eigenvalue weighted by atomic mass is 10.1. The van der Waals surface area contributed by atoms with Crippen molar-refractivity contribution in [2.24, 2.45) is 0 Å². The maximum atomic E-state index is 12.4. The number of hydrogen-bond donors (Lipinski definition) is 2. The molecule has 0 unspecified atom stereocenters. The Morgan fingerprint density at radius 2 is 1.92 bits per heavy atom. The minimum atomic E-state index is -0.243. The third-order valence-electron chi connectivity index (χ3n) is 4.09. The van der Waals surface area contributed by atoms with E-state index in [2.05, 4.69) is 5.32 Å². The monoisotopic (exact) mass is 355 g/mol. The van der Waals surface area contributed by atoms with E-state index < -0.39 is 0 Å². The highest BCUT2D eigenvalue weighted by Gasteiger charge is 2.16. The Bertz CT molecular complexity index is 761. The fraction of sp³-hybridized carbons (Fsp3) is 0.300. The summed E-state index contributed by atoms with van der Waals surface area (Å²) in [5.74, 6) is 0.343. The van der Waals surface area contributed by atoms with Crippen LogP contribution in [0.4, 0.5) is 11.4 Å². The van der Waals surface area contributed by atoms with Crippen LogP contribution in [-0.4, -0.2) is 36.9 Å². The Hall–Kier alpha value is -3.02. The number of nitrogen functional groups attached to an aromatic ring is 1. The summed E-state index contributed by atoms with van der Waals surface area (Å²) in [6, 6.07) is 14.6. The van der Waals surface area contributed by atoms with Gasteiger partial charge in [-0.25, -0.2) is 0 Å². The van der Waals surface area contributed by atoms with Gasteiger partial charge in [-0.15, -0.1) is 0 Å². The molecule has 0 aliphatic heterocycles. The molecule has 0 spiro atoms. The number of nitrogens with one attached hydrogen (secondary N) is 1. The second-order valence-corrected chi connectivity index (χ2v) is 5.89. The van der Waals surface area contributed by atoms with Gasteiger partial charge in [0, 0.05) is 30.4 Å². The maximum Gasteiger partial charge on any atom is 0.243 e. The highest BCUT2D eigenvalue weighted by Crippen LogP contribution is 2.17. The Morgan fingerprint density at radius 1 is 1.15 bits per heavy atom. The van der Waals surface area contributed by atoms with Gasteiger partial charge in [-0.1, -0.05) is 24.3 Å². The van der Waals surface area contributed by atoms with Gasteiger partial charge in [0.15, 0.2) is 0 Å². The predicted molar refractivity (Wildman–Crippen MR) is 103 cm³/mol. The normalized spacial score (nSPS) is 10.2. The van der Waals surface area contributed by atoms with Crippen molar-refractivity contribution < 1.29 is 14.3 Å². The number of para-hydroxylation sites is 1. The zero-order valence-corrected chi connectivity index (χ0v) is 15.2. The van der Waals surface area contributed by atoms with Crippen LogP contribution in [0.1, 0.15) is 18.9 Å². The number of anilines is 2. The SMILES string of the molecule is CCN(CC(=O)Nc1cccc(OC)c1)C(=O)CCc1ccccc1N. The second-order valence-electron chi connectivity index (χ2n) is 5.89. The number of rotatable bonds is 8. The summed E-state index contributed by atoms with van der Waals surface area (Å²) in [6.07, 6.45) is 0.869. The summed E-state index contributed by atoms with van der Waals surface area (Å²) in [4.78, 5) is 26.2. The molecule has 2 amide bonds. The van der Waals surface area contributed by atoms with Gasteiger partial charge in [0.1, 0.15) is 5.75 Å². The van der Waals surface area contributed by atoms with Crippen molar-refractivity contribution in [1.82, 2.24) is 4.90 Å². The molecule has 0 saturated heterocycles. The second kappa shape index (κ2) is 9.46. The Labute approximate surface area is 153 Å². The van der Waals surface area contributed by atoms with Crippen LogP contribution in [0.15, 0.2) is 48.5 Å². The average molecular weight is 355 g/mol. The number of hydrogen-bond acceptors (Lipinski definition) is 4. The number of carbonyl (C=O) groups excluding carboxylic acids is 2. The number of carbonyl (C=O) groups is 2. The number of benzene rings is 2. The smallest absolute Gasteiger partial charge is 0.243 e. The summed E-state index contributed by atoms with van der Waals surface area (Å²) >= 11 is 0. The van der Waals surface area contributed by atoms with E-state index in [1.165, 1.54) is 4.90 Å². The van der Waals surface area contributed by atoms with Crippen molar-refractivity contribution in [1.29, 1.82) is 0 Å². The van der Waals surface area contributed by atoms with Gasteiger partial charge in [-0.05, 0) is 37.1 Å². The first-order valence-corrected chi connectivity index (χ1v) is 8.58. The van der Waals surface area contributed by atoms with E-state index in [-0.39, 0.29) is 18.4 Å². The van der Waals surface area contributed by atoms with E-state index in [1.807, 2.05) is 31.2 Å². The van der Waals surface area contributed by atoms with Gasteiger partial charge in [0.05, 0.1) is 13.7 Å². The topological polar surface area (TPSA) is 84.7 Å². The first-order chi connectivity index (χ1) is 12.5. The molecule has 0 saturated carbocycles. The minimum absolute atomic E-state index is 0.0107. The summed E-state index contributed by atoms with van der Waals surface area (Å²) in [5, 5.41) is 2.79. The van der Waals surface area contributed by atoms with E-state index in [4.69, 9.17) is 10.5 Å². The highest BCUT2D eigenvalue weighted by atomic mass is 16.5. The molecule has 0 radical (unpaired) electrons. The van der Waals surface area contributed by atoms with Crippen LogP contribution in [0.5, 0.6) is 5.75 Å². The Balaban J connectivity index is 1.89. The average Bonchev–Trinajstić information content (AvgIpc) is 2.65. The van der Waals surface area contributed by atoms with Crippen molar-refractivity contribution in [3.8, 4) is 5.75 Å². The number of amides is 2. The number of likely N-dealkylation sites (N-methyl/N-ethyl adjacent to an activating group) is 1. The lowest BCUT2D eigenvalue weighted by molar-refractivity contribution is -0.134. The first-order valence-electron chi connectivity index (χ1n) is 8.58. The van der Waals surface area contributed by atoms with Crippen LogP contribution in [0.2, 0.25) is 0 Å². The van der Waals surface area contributed by atoms with Crippen LogP contribution in [0.25, 0.3) is 0 Å². The van der Waals surface area contributed by atoms with Crippen molar-refractivity contribution in [3.05, 3.63) is 54.1 Å². The number of methoxy groups -OCH3 is 1. The van der Waals surface area contributed by atoms with E-state index in [9.17, 15) is 9.59 Å². The Morgan fingerprint density at radius 3 is 2.62 bits per heavy atom. The van der Waals surface area contributed by atoms with Gasteiger partial charge in [0.2, 0.25) is 11.8 Å². The molecular weight excluding hydrogens is 330 g/mol. The van der Waals surface area contributed by atoms with Gasteiger partial charge in [-0.2, -0.15) is 0 Å². The van der Waals surface area contributed by atoms with Gasteiger partial charge in [0.25, 0.3) is 0 Å². The van der Waals surface area contributed by atoms with Crippen molar-refractivity contribution in [3.63, 3.8) is 0 Å². The van der Waals surface area contributed by atoms with Gasteiger partial charge < -0.3 is 20.7 Å². The molecular formula is C20H25N3O3. The number of nitrogens with zero attached hydrogens (tertiary/aromatic N) is 1. The third kappa shape index (κ3) is 5.51. The van der Waals surface area contributed by atoms with Crippen LogP contribution in [0, 0.1) is 0 Å². The minimum Gasteiger partial charge on any atom is -0.497 e.